The molecule has 0 saturated carbocycles. The highest BCUT2D eigenvalue weighted by Crippen LogP contribution is 2.40. The van der Waals surface area contributed by atoms with E-state index in [0.717, 1.165) is 22.7 Å². The van der Waals surface area contributed by atoms with Gasteiger partial charge in [0.05, 0.1) is 17.8 Å². The number of nitrogens with zero attached hydrogens (tertiary/aromatic N) is 4. The quantitative estimate of drug-likeness (QED) is 0.803. The SMILES string of the molecule is Cn1nccc1CN1CCC2(CC1)CN(c1ccc(F)cc1)C(=O)C(F)(F)O2. The van der Waals surface area contributed by atoms with Crippen molar-refractivity contribution in [3.8, 4) is 0 Å². The highest BCUT2D eigenvalue weighted by molar-refractivity contribution is 5.98. The fraction of sp³-hybridized carbons (Fsp3) is 0.474. The summed E-state index contributed by atoms with van der Waals surface area (Å²) in [6.45, 7) is 1.82. The van der Waals surface area contributed by atoms with Crippen molar-refractivity contribution in [1.29, 1.82) is 0 Å². The van der Waals surface area contributed by atoms with E-state index in [1.165, 1.54) is 12.1 Å². The predicted molar refractivity (Wildman–Crippen MR) is 95.2 cm³/mol. The van der Waals surface area contributed by atoms with Crippen LogP contribution in [0.3, 0.4) is 0 Å². The number of anilines is 1. The van der Waals surface area contributed by atoms with Crippen LogP contribution in [0, 0.1) is 5.82 Å². The molecular weight excluding hydrogens is 373 g/mol. The first-order valence-corrected chi connectivity index (χ1v) is 9.13. The maximum absolute atomic E-state index is 14.4. The molecule has 2 saturated heterocycles. The Bertz CT molecular complexity index is 860. The molecule has 3 heterocycles. The molecule has 0 radical (unpaired) electrons. The summed E-state index contributed by atoms with van der Waals surface area (Å²) < 4.78 is 48.8. The van der Waals surface area contributed by atoms with Gasteiger partial charge in [-0.15, -0.1) is 0 Å². The van der Waals surface area contributed by atoms with Gasteiger partial charge in [0.15, 0.2) is 0 Å². The predicted octanol–water partition coefficient (Wildman–Crippen LogP) is 2.55. The first kappa shape index (κ1) is 18.9. The topological polar surface area (TPSA) is 50.6 Å². The van der Waals surface area contributed by atoms with Crippen LogP contribution in [0.1, 0.15) is 18.5 Å². The molecule has 0 atom stereocenters. The maximum Gasteiger partial charge on any atom is 0.437 e. The zero-order chi connectivity index (χ0) is 19.9. The maximum atomic E-state index is 14.4. The average Bonchev–Trinajstić information content (AvgIpc) is 3.06. The van der Waals surface area contributed by atoms with Crippen LogP contribution < -0.4 is 4.90 Å². The van der Waals surface area contributed by atoms with E-state index in [1.54, 1.807) is 10.9 Å². The van der Waals surface area contributed by atoms with Crippen LogP contribution in [-0.2, 0) is 23.1 Å². The van der Waals surface area contributed by atoms with Crippen molar-refractivity contribution in [3.05, 3.63) is 48.0 Å². The van der Waals surface area contributed by atoms with Crippen LogP contribution >= 0.6 is 0 Å². The van der Waals surface area contributed by atoms with E-state index in [1.807, 2.05) is 13.1 Å². The van der Waals surface area contributed by atoms with E-state index in [9.17, 15) is 18.0 Å². The van der Waals surface area contributed by atoms with Gasteiger partial charge in [-0.25, -0.2) is 4.39 Å². The Labute approximate surface area is 160 Å². The standard InChI is InChI=1S/C19H21F3N4O2/c1-24-16(6-9-23-24)12-25-10-7-18(8-11-25)13-26(17(27)19(21,22)28-18)15-4-2-14(20)3-5-15/h2-6,9H,7-8,10-13H2,1H3. The van der Waals surface area contributed by atoms with Gasteiger partial charge in [0.25, 0.3) is 0 Å². The van der Waals surface area contributed by atoms with Crippen LogP contribution in [0.2, 0.25) is 0 Å². The molecule has 1 amide bonds. The van der Waals surface area contributed by atoms with Gasteiger partial charge in [-0.1, -0.05) is 0 Å². The number of amides is 1. The van der Waals surface area contributed by atoms with Gasteiger partial charge in [0.1, 0.15) is 5.82 Å². The molecule has 0 bridgehead atoms. The Balaban J connectivity index is 1.50. The lowest BCUT2D eigenvalue weighted by atomic mass is 9.88. The number of rotatable bonds is 3. The highest BCUT2D eigenvalue weighted by Gasteiger charge is 2.57. The summed E-state index contributed by atoms with van der Waals surface area (Å²) in [5.74, 6) is -1.91. The number of likely N-dealkylation sites (tertiary alicyclic amines) is 1. The summed E-state index contributed by atoms with van der Waals surface area (Å²) in [6, 6.07) is 6.89. The second-order valence-electron chi connectivity index (χ2n) is 7.39. The minimum atomic E-state index is -3.91. The van der Waals surface area contributed by atoms with E-state index in [-0.39, 0.29) is 12.2 Å². The molecule has 4 rings (SSSR count). The largest absolute Gasteiger partial charge is 0.437 e. The number of ether oxygens (including phenoxy) is 1. The lowest BCUT2D eigenvalue weighted by molar-refractivity contribution is -0.293. The number of aryl methyl sites for hydroxylation is 1. The minimum absolute atomic E-state index is 0.0204. The number of morpholine rings is 1. The van der Waals surface area contributed by atoms with Gasteiger partial charge in [0, 0.05) is 38.6 Å². The molecule has 1 spiro atoms. The number of hydrogen-bond donors (Lipinski definition) is 0. The van der Waals surface area contributed by atoms with Crippen LogP contribution in [0.4, 0.5) is 18.9 Å². The van der Waals surface area contributed by atoms with Crippen molar-refractivity contribution in [1.82, 2.24) is 14.7 Å². The van der Waals surface area contributed by atoms with Crippen molar-refractivity contribution in [2.24, 2.45) is 7.05 Å². The lowest BCUT2D eigenvalue weighted by Gasteiger charge is -2.48. The van der Waals surface area contributed by atoms with Gasteiger partial charge in [0.2, 0.25) is 0 Å². The van der Waals surface area contributed by atoms with Crippen molar-refractivity contribution < 1.29 is 22.7 Å². The smallest absolute Gasteiger partial charge is 0.304 e. The molecule has 28 heavy (non-hydrogen) atoms. The monoisotopic (exact) mass is 394 g/mol. The third kappa shape index (κ3) is 3.51. The molecule has 0 aliphatic carbocycles. The Hall–Kier alpha value is -2.39. The van der Waals surface area contributed by atoms with Crippen LogP contribution in [0.15, 0.2) is 36.5 Å². The van der Waals surface area contributed by atoms with E-state index < -0.39 is 23.4 Å². The Kier molecular flexibility index (Phi) is 4.67. The molecule has 1 aromatic heterocycles. The molecule has 2 aliphatic heterocycles. The van der Waals surface area contributed by atoms with Crippen LogP contribution in [-0.4, -0.2) is 51.9 Å². The number of alkyl halides is 2. The molecule has 0 unspecified atom stereocenters. The second-order valence-corrected chi connectivity index (χ2v) is 7.39. The fourth-order valence-corrected chi connectivity index (χ4v) is 3.86. The Morgan fingerprint density at radius 2 is 1.82 bits per heavy atom. The normalized spacial score (nSPS) is 22.0. The molecule has 150 valence electrons. The number of halogens is 3. The zero-order valence-electron chi connectivity index (χ0n) is 15.4. The summed E-state index contributed by atoms with van der Waals surface area (Å²) >= 11 is 0. The van der Waals surface area contributed by atoms with Gasteiger partial charge >= 0.3 is 12.0 Å². The molecule has 0 N–H and O–H groups in total. The Morgan fingerprint density at radius 3 is 2.43 bits per heavy atom. The number of piperidine rings is 1. The second kappa shape index (κ2) is 6.89. The molecule has 2 aliphatic rings. The van der Waals surface area contributed by atoms with Crippen molar-refractivity contribution in [3.63, 3.8) is 0 Å². The van der Waals surface area contributed by atoms with E-state index in [0.29, 0.717) is 32.5 Å². The zero-order valence-corrected chi connectivity index (χ0v) is 15.4. The molecular formula is C19H21F3N4O2. The number of hydrogen-bond acceptors (Lipinski definition) is 4. The van der Waals surface area contributed by atoms with Gasteiger partial charge in [-0.2, -0.15) is 13.9 Å². The summed E-state index contributed by atoms with van der Waals surface area (Å²) in [7, 11) is 1.86. The van der Waals surface area contributed by atoms with E-state index in [4.69, 9.17) is 4.74 Å². The number of carbonyl (C=O) groups excluding carboxylic acids is 1. The Morgan fingerprint density at radius 1 is 1.14 bits per heavy atom. The summed E-state index contributed by atoms with van der Waals surface area (Å²) in [4.78, 5) is 15.4. The van der Waals surface area contributed by atoms with Crippen molar-refractivity contribution >= 4 is 11.6 Å². The molecule has 6 nitrogen and oxygen atoms in total. The first-order chi connectivity index (χ1) is 13.3. The highest BCUT2D eigenvalue weighted by atomic mass is 19.3. The summed E-state index contributed by atoms with van der Waals surface area (Å²) in [5, 5.41) is 4.14. The molecule has 2 fully saturated rings. The van der Waals surface area contributed by atoms with Crippen LogP contribution in [0.25, 0.3) is 0 Å². The minimum Gasteiger partial charge on any atom is -0.304 e. The van der Waals surface area contributed by atoms with Crippen molar-refractivity contribution in [2.75, 3.05) is 24.5 Å². The van der Waals surface area contributed by atoms with E-state index in [2.05, 4.69) is 10.00 Å². The lowest BCUT2D eigenvalue weighted by Crippen LogP contribution is -2.64. The third-order valence-corrected chi connectivity index (χ3v) is 5.50. The fourth-order valence-electron chi connectivity index (χ4n) is 3.86. The van der Waals surface area contributed by atoms with E-state index >= 15 is 0 Å². The first-order valence-electron chi connectivity index (χ1n) is 9.13. The van der Waals surface area contributed by atoms with Crippen LogP contribution in [0.5, 0.6) is 0 Å². The third-order valence-electron chi connectivity index (χ3n) is 5.50. The van der Waals surface area contributed by atoms with Gasteiger partial charge in [-0.3, -0.25) is 14.4 Å². The summed E-state index contributed by atoms with van der Waals surface area (Å²) in [6.07, 6.45) is -1.45. The molecule has 2 aromatic rings. The van der Waals surface area contributed by atoms with Gasteiger partial charge in [-0.05, 0) is 43.2 Å². The number of carbonyl (C=O) groups is 1. The number of aromatic nitrogens is 2. The average molecular weight is 394 g/mol. The van der Waals surface area contributed by atoms with Gasteiger partial charge < -0.3 is 9.64 Å². The molecule has 1 aromatic carbocycles. The number of benzene rings is 1. The summed E-state index contributed by atoms with van der Waals surface area (Å²) in [5.41, 5.74) is 0.148. The van der Waals surface area contributed by atoms with Crippen molar-refractivity contribution in [2.45, 2.75) is 31.1 Å². The molecule has 9 heteroatoms.